The minimum Gasteiger partial charge on any atom is -0.390 e. The number of nitro groups is 1. The Labute approximate surface area is 143 Å². The smallest absolute Gasteiger partial charge is 0.390 e. The Balaban J connectivity index is 2.26. The number of halogens is 1. The molecule has 0 unspecified atom stereocenters. The minimum absolute atomic E-state index is 0.00465. The molecule has 2 heterocycles. The van der Waals surface area contributed by atoms with Crippen molar-refractivity contribution in [2.75, 3.05) is 0 Å². The fourth-order valence-electron chi connectivity index (χ4n) is 2.66. The normalized spacial score (nSPS) is 11.0. The molecule has 0 bridgehead atoms. The van der Waals surface area contributed by atoms with E-state index in [-0.39, 0.29) is 16.7 Å². The summed E-state index contributed by atoms with van der Waals surface area (Å²) in [6, 6.07) is 4.83. The lowest BCUT2D eigenvalue weighted by molar-refractivity contribution is -0.396. The van der Waals surface area contributed by atoms with Gasteiger partial charge < -0.3 is 10.1 Å². The van der Waals surface area contributed by atoms with Crippen LogP contribution in [-0.2, 0) is 20.6 Å². The molecule has 0 saturated heterocycles. The molecule has 0 aliphatic heterocycles. The van der Waals surface area contributed by atoms with Crippen molar-refractivity contribution >= 4 is 22.9 Å². The largest absolute Gasteiger partial charge is 0.437 e. The van der Waals surface area contributed by atoms with Crippen LogP contribution in [0.3, 0.4) is 0 Å². The summed E-state index contributed by atoms with van der Waals surface area (Å²) >= 11 is 0. The molecule has 0 fully saturated rings. The van der Waals surface area contributed by atoms with Crippen molar-refractivity contribution < 1.29 is 14.1 Å². The number of hydrogen-bond donors (Lipinski definition) is 0. The third-order valence-electron chi connectivity index (χ3n) is 3.93. The van der Waals surface area contributed by atoms with Crippen molar-refractivity contribution in [3.8, 4) is 0 Å². The summed E-state index contributed by atoms with van der Waals surface area (Å²) in [4.78, 5) is 50.9. The number of Topliss-reactive ketones (excluding diaryl/α,β-unsaturated/α-hetero) is 1. The second-order valence-corrected chi connectivity index (χ2v) is 5.57. The lowest BCUT2D eigenvalue weighted by atomic mass is 10.1. The maximum atomic E-state index is 13.3. The van der Waals surface area contributed by atoms with E-state index in [1.807, 2.05) is 0 Å². The van der Waals surface area contributed by atoms with Crippen LogP contribution in [-0.4, -0.2) is 29.4 Å². The summed E-state index contributed by atoms with van der Waals surface area (Å²) in [6.45, 7) is -0.587. The second kappa shape index (κ2) is 6.02. The van der Waals surface area contributed by atoms with E-state index in [1.54, 1.807) is 0 Å². The molecule has 0 atom stereocenters. The minimum atomic E-state index is -0.858. The zero-order valence-electron chi connectivity index (χ0n) is 13.7. The van der Waals surface area contributed by atoms with Crippen LogP contribution >= 0.6 is 0 Å². The van der Waals surface area contributed by atoms with Crippen molar-refractivity contribution in [1.29, 1.82) is 0 Å². The van der Waals surface area contributed by atoms with Crippen molar-refractivity contribution in [2.24, 2.45) is 14.1 Å². The SMILES string of the molecule is Cn1c(=O)c2nc([N+](=O)[O-])n(CC(=O)c3cccc(F)c3)c2n(C)c1=O. The lowest BCUT2D eigenvalue weighted by Gasteiger charge is -2.06. The summed E-state index contributed by atoms with van der Waals surface area (Å²) in [5.41, 5.74) is -2.02. The molecule has 134 valence electrons. The highest BCUT2D eigenvalue weighted by molar-refractivity contribution is 5.96. The van der Waals surface area contributed by atoms with Gasteiger partial charge in [0.25, 0.3) is 5.52 Å². The third-order valence-corrected chi connectivity index (χ3v) is 3.93. The van der Waals surface area contributed by atoms with Gasteiger partial charge in [-0.05, 0) is 17.1 Å². The Hall–Kier alpha value is -3.63. The van der Waals surface area contributed by atoms with Crippen LogP contribution in [0, 0.1) is 15.9 Å². The predicted molar refractivity (Wildman–Crippen MR) is 87.6 cm³/mol. The zero-order chi connectivity index (χ0) is 19.2. The maximum Gasteiger partial charge on any atom is 0.437 e. The van der Waals surface area contributed by atoms with E-state index in [2.05, 4.69) is 4.98 Å². The quantitative estimate of drug-likeness (QED) is 0.376. The van der Waals surface area contributed by atoms with E-state index in [9.17, 15) is 28.9 Å². The number of benzene rings is 1. The molecule has 0 aliphatic rings. The number of ketones is 1. The fraction of sp³-hybridized carbons (Fsp3) is 0.200. The van der Waals surface area contributed by atoms with Crippen molar-refractivity contribution in [2.45, 2.75) is 6.54 Å². The summed E-state index contributed by atoms with van der Waals surface area (Å²) in [5.74, 6) is -2.04. The third kappa shape index (κ3) is 2.59. The fourth-order valence-corrected chi connectivity index (χ4v) is 2.66. The number of nitrogens with zero attached hydrogens (tertiary/aromatic N) is 5. The molecule has 0 N–H and O–H groups in total. The van der Waals surface area contributed by atoms with E-state index >= 15 is 0 Å². The molecule has 10 nitrogen and oxygen atoms in total. The Morgan fingerprint density at radius 1 is 1.27 bits per heavy atom. The van der Waals surface area contributed by atoms with Gasteiger partial charge in [-0.15, -0.1) is 0 Å². The number of rotatable bonds is 4. The first-order valence-electron chi connectivity index (χ1n) is 7.31. The highest BCUT2D eigenvalue weighted by Gasteiger charge is 2.29. The van der Waals surface area contributed by atoms with Crippen molar-refractivity contribution in [1.82, 2.24) is 18.7 Å². The molecule has 11 heteroatoms. The van der Waals surface area contributed by atoms with Gasteiger partial charge in [0.2, 0.25) is 5.65 Å². The molecule has 26 heavy (non-hydrogen) atoms. The molecule has 0 saturated carbocycles. The van der Waals surface area contributed by atoms with Gasteiger partial charge in [0.05, 0.1) is 0 Å². The molecule has 3 aromatic rings. The number of fused-ring (bicyclic) bond motifs is 1. The molecule has 0 amide bonds. The van der Waals surface area contributed by atoms with E-state index < -0.39 is 40.3 Å². The van der Waals surface area contributed by atoms with Gasteiger partial charge >= 0.3 is 17.2 Å². The first-order chi connectivity index (χ1) is 12.2. The first-order valence-corrected chi connectivity index (χ1v) is 7.31. The van der Waals surface area contributed by atoms with Gasteiger partial charge in [-0.1, -0.05) is 17.1 Å². The standard InChI is InChI=1S/C15H12FN5O5/c1-18-12-11(13(23)19(2)15(18)24)17-14(21(25)26)20(12)7-10(22)8-4-3-5-9(16)6-8/h3-6H,7H2,1-2H3. The maximum absolute atomic E-state index is 13.3. The summed E-state index contributed by atoms with van der Waals surface area (Å²) in [7, 11) is 2.52. The zero-order valence-corrected chi connectivity index (χ0v) is 13.7. The Morgan fingerprint density at radius 2 is 1.96 bits per heavy atom. The number of aromatic nitrogens is 4. The van der Waals surface area contributed by atoms with Gasteiger partial charge in [-0.25, -0.2) is 9.18 Å². The van der Waals surface area contributed by atoms with Crippen LogP contribution in [0.25, 0.3) is 11.2 Å². The number of carbonyl (C=O) groups is 1. The van der Waals surface area contributed by atoms with Crippen LogP contribution in [0.15, 0.2) is 33.9 Å². The number of hydrogen-bond acceptors (Lipinski definition) is 6. The van der Waals surface area contributed by atoms with Crippen LogP contribution < -0.4 is 11.2 Å². The lowest BCUT2D eigenvalue weighted by Crippen LogP contribution is -2.37. The summed E-state index contributed by atoms with van der Waals surface area (Å²) in [5, 5.41) is 11.3. The van der Waals surface area contributed by atoms with E-state index in [1.165, 1.54) is 26.2 Å². The van der Waals surface area contributed by atoms with Gasteiger partial charge in [-0.2, -0.15) is 4.57 Å². The highest BCUT2D eigenvalue weighted by Crippen LogP contribution is 2.19. The van der Waals surface area contributed by atoms with E-state index in [4.69, 9.17) is 0 Å². The molecule has 1 aromatic carbocycles. The molecular weight excluding hydrogens is 349 g/mol. The molecule has 0 spiro atoms. The molecule has 0 aliphatic carbocycles. The van der Waals surface area contributed by atoms with Crippen molar-refractivity contribution in [3.05, 3.63) is 66.6 Å². The summed E-state index contributed by atoms with van der Waals surface area (Å²) < 4.78 is 15.9. The van der Waals surface area contributed by atoms with Gasteiger partial charge in [0.1, 0.15) is 12.4 Å². The molecule has 3 rings (SSSR count). The number of carbonyl (C=O) groups excluding carboxylic acids is 1. The van der Waals surface area contributed by atoms with Crippen LogP contribution in [0.5, 0.6) is 0 Å². The number of imidazole rings is 1. The van der Waals surface area contributed by atoms with Gasteiger partial charge in [0, 0.05) is 19.7 Å². The molecule has 0 radical (unpaired) electrons. The number of aryl methyl sites for hydroxylation is 1. The second-order valence-electron chi connectivity index (χ2n) is 5.57. The topological polar surface area (TPSA) is 122 Å². The first kappa shape index (κ1) is 17.2. The van der Waals surface area contributed by atoms with Gasteiger partial charge in [0.15, 0.2) is 5.78 Å². The average molecular weight is 361 g/mol. The van der Waals surface area contributed by atoms with Crippen LogP contribution in [0.1, 0.15) is 10.4 Å². The molecular formula is C15H12FN5O5. The monoisotopic (exact) mass is 361 g/mol. The molecule has 2 aromatic heterocycles. The van der Waals surface area contributed by atoms with E-state index in [0.29, 0.717) is 0 Å². The summed E-state index contributed by atoms with van der Waals surface area (Å²) in [6.07, 6.45) is 0. The predicted octanol–water partition coefficient (Wildman–Crippen LogP) is 0.364. The van der Waals surface area contributed by atoms with Crippen LogP contribution in [0.4, 0.5) is 10.3 Å². The Kier molecular flexibility index (Phi) is 3.98. The van der Waals surface area contributed by atoms with E-state index in [0.717, 1.165) is 25.8 Å². The van der Waals surface area contributed by atoms with Crippen LogP contribution in [0.2, 0.25) is 0 Å². The highest BCUT2D eigenvalue weighted by atomic mass is 19.1. The Morgan fingerprint density at radius 3 is 2.58 bits per heavy atom. The average Bonchev–Trinajstić information content (AvgIpc) is 2.97. The van der Waals surface area contributed by atoms with Gasteiger partial charge in [-0.3, -0.25) is 18.7 Å². The van der Waals surface area contributed by atoms with Crippen molar-refractivity contribution in [3.63, 3.8) is 0 Å². The Bertz CT molecular complexity index is 1190.